The SMILES string of the molecule is Cc1cc(F)cc(C(C)(C)CN)c1. The van der Waals surface area contributed by atoms with Crippen molar-refractivity contribution in [3.63, 3.8) is 0 Å². The molecule has 72 valence electrons. The van der Waals surface area contributed by atoms with Crippen molar-refractivity contribution < 1.29 is 4.39 Å². The molecular formula is C11H16FN. The molecule has 0 aromatic heterocycles. The topological polar surface area (TPSA) is 26.0 Å². The Balaban J connectivity index is 3.15. The number of nitrogens with two attached hydrogens (primary N) is 1. The second-order valence-corrected chi connectivity index (χ2v) is 4.11. The van der Waals surface area contributed by atoms with Gasteiger partial charge in [0.1, 0.15) is 5.82 Å². The van der Waals surface area contributed by atoms with Crippen molar-refractivity contribution in [3.8, 4) is 0 Å². The Morgan fingerprint density at radius 2 is 1.92 bits per heavy atom. The smallest absolute Gasteiger partial charge is 0.123 e. The maximum absolute atomic E-state index is 13.1. The van der Waals surface area contributed by atoms with Gasteiger partial charge < -0.3 is 5.73 Å². The van der Waals surface area contributed by atoms with Crippen molar-refractivity contribution in [2.24, 2.45) is 5.73 Å². The molecule has 0 aliphatic heterocycles. The van der Waals surface area contributed by atoms with E-state index in [0.717, 1.165) is 11.1 Å². The van der Waals surface area contributed by atoms with Gasteiger partial charge in [0.15, 0.2) is 0 Å². The number of aryl methyl sites for hydroxylation is 1. The lowest BCUT2D eigenvalue weighted by molar-refractivity contribution is 0.530. The van der Waals surface area contributed by atoms with E-state index in [0.29, 0.717) is 6.54 Å². The van der Waals surface area contributed by atoms with Crippen molar-refractivity contribution in [1.82, 2.24) is 0 Å². The summed E-state index contributed by atoms with van der Waals surface area (Å²) in [6.45, 7) is 6.44. The number of hydrogen-bond donors (Lipinski definition) is 1. The molecular weight excluding hydrogens is 165 g/mol. The van der Waals surface area contributed by atoms with Gasteiger partial charge >= 0.3 is 0 Å². The minimum absolute atomic E-state index is 0.146. The highest BCUT2D eigenvalue weighted by atomic mass is 19.1. The van der Waals surface area contributed by atoms with Crippen LogP contribution in [0.1, 0.15) is 25.0 Å². The molecule has 2 heteroatoms. The molecule has 0 aliphatic rings. The van der Waals surface area contributed by atoms with E-state index in [1.165, 1.54) is 6.07 Å². The van der Waals surface area contributed by atoms with Gasteiger partial charge in [-0.3, -0.25) is 0 Å². The van der Waals surface area contributed by atoms with Crippen LogP contribution < -0.4 is 5.73 Å². The molecule has 0 spiro atoms. The van der Waals surface area contributed by atoms with Crippen LogP contribution in [0.25, 0.3) is 0 Å². The van der Waals surface area contributed by atoms with Crippen LogP contribution in [0, 0.1) is 12.7 Å². The van der Waals surface area contributed by atoms with Crippen molar-refractivity contribution in [2.75, 3.05) is 6.54 Å². The summed E-state index contributed by atoms with van der Waals surface area (Å²) in [5.41, 5.74) is 7.38. The quantitative estimate of drug-likeness (QED) is 0.744. The van der Waals surface area contributed by atoms with Gasteiger partial charge in [-0.1, -0.05) is 19.9 Å². The maximum Gasteiger partial charge on any atom is 0.123 e. The normalized spacial score (nSPS) is 11.8. The molecule has 0 amide bonds. The monoisotopic (exact) mass is 181 g/mol. The van der Waals surface area contributed by atoms with Crippen molar-refractivity contribution in [1.29, 1.82) is 0 Å². The third-order valence-electron chi connectivity index (χ3n) is 2.33. The van der Waals surface area contributed by atoms with Crippen LogP contribution in [0.15, 0.2) is 18.2 Å². The number of benzene rings is 1. The van der Waals surface area contributed by atoms with Gasteiger partial charge in [0, 0.05) is 12.0 Å². The molecule has 0 unspecified atom stereocenters. The highest BCUT2D eigenvalue weighted by Crippen LogP contribution is 2.23. The Morgan fingerprint density at radius 1 is 1.31 bits per heavy atom. The second-order valence-electron chi connectivity index (χ2n) is 4.11. The summed E-state index contributed by atoms with van der Waals surface area (Å²) >= 11 is 0. The highest BCUT2D eigenvalue weighted by molar-refractivity contribution is 5.29. The van der Waals surface area contributed by atoms with Crippen molar-refractivity contribution in [2.45, 2.75) is 26.2 Å². The fourth-order valence-corrected chi connectivity index (χ4v) is 1.24. The van der Waals surface area contributed by atoms with E-state index >= 15 is 0 Å². The molecule has 0 bridgehead atoms. The maximum atomic E-state index is 13.1. The van der Waals surface area contributed by atoms with Crippen LogP contribution in [-0.4, -0.2) is 6.54 Å². The summed E-state index contributed by atoms with van der Waals surface area (Å²) in [6, 6.07) is 5.06. The average molecular weight is 181 g/mol. The zero-order chi connectivity index (χ0) is 10.1. The minimum Gasteiger partial charge on any atom is -0.330 e. The molecule has 1 aromatic rings. The Morgan fingerprint density at radius 3 is 2.38 bits per heavy atom. The number of hydrogen-bond acceptors (Lipinski definition) is 1. The first kappa shape index (κ1) is 10.2. The van der Waals surface area contributed by atoms with E-state index in [1.54, 1.807) is 6.07 Å². The summed E-state index contributed by atoms with van der Waals surface area (Å²) in [4.78, 5) is 0. The van der Waals surface area contributed by atoms with E-state index in [1.807, 2.05) is 26.8 Å². The van der Waals surface area contributed by atoms with Crippen LogP contribution in [0.4, 0.5) is 4.39 Å². The van der Waals surface area contributed by atoms with E-state index in [2.05, 4.69) is 0 Å². The van der Waals surface area contributed by atoms with Gasteiger partial charge in [0.25, 0.3) is 0 Å². The third-order valence-corrected chi connectivity index (χ3v) is 2.33. The van der Waals surface area contributed by atoms with Gasteiger partial charge in [-0.15, -0.1) is 0 Å². The van der Waals surface area contributed by atoms with Gasteiger partial charge in [0.05, 0.1) is 0 Å². The van der Waals surface area contributed by atoms with Crippen LogP contribution in [0.3, 0.4) is 0 Å². The van der Waals surface area contributed by atoms with Crippen molar-refractivity contribution >= 4 is 0 Å². The summed E-state index contributed by atoms with van der Waals surface area (Å²) in [5.74, 6) is -0.184. The zero-order valence-electron chi connectivity index (χ0n) is 8.39. The zero-order valence-corrected chi connectivity index (χ0v) is 8.39. The standard InChI is InChI=1S/C11H16FN/c1-8-4-9(6-10(12)5-8)11(2,3)7-13/h4-6H,7,13H2,1-3H3. The van der Waals surface area contributed by atoms with Gasteiger partial charge in [-0.25, -0.2) is 4.39 Å². The first-order valence-corrected chi connectivity index (χ1v) is 4.43. The molecule has 13 heavy (non-hydrogen) atoms. The predicted octanol–water partition coefficient (Wildman–Crippen LogP) is 2.37. The number of halogens is 1. The third kappa shape index (κ3) is 2.28. The Bertz CT molecular complexity index is 285. The average Bonchev–Trinajstić information content (AvgIpc) is 2.02. The van der Waals surface area contributed by atoms with E-state index in [-0.39, 0.29) is 11.2 Å². The fraction of sp³-hybridized carbons (Fsp3) is 0.455. The van der Waals surface area contributed by atoms with E-state index < -0.39 is 0 Å². The lowest BCUT2D eigenvalue weighted by atomic mass is 9.84. The Labute approximate surface area is 78.8 Å². The molecule has 0 fully saturated rings. The largest absolute Gasteiger partial charge is 0.330 e. The first-order chi connectivity index (χ1) is 5.95. The summed E-state index contributed by atoms with van der Waals surface area (Å²) in [5, 5.41) is 0. The van der Waals surface area contributed by atoms with Crippen LogP contribution >= 0.6 is 0 Å². The molecule has 0 atom stereocenters. The molecule has 2 N–H and O–H groups in total. The Hall–Kier alpha value is -0.890. The van der Waals surface area contributed by atoms with Crippen molar-refractivity contribution in [3.05, 3.63) is 35.1 Å². The lowest BCUT2D eigenvalue weighted by Crippen LogP contribution is -2.28. The van der Waals surface area contributed by atoms with Crippen LogP contribution in [-0.2, 0) is 5.41 Å². The first-order valence-electron chi connectivity index (χ1n) is 4.43. The molecule has 0 saturated carbocycles. The molecule has 0 saturated heterocycles. The van der Waals surface area contributed by atoms with Gasteiger partial charge in [0.2, 0.25) is 0 Å². The summed E-state index contributed by atoms with van der Waals surface area (Å²) < 4.78 is 13.1. The van der Waals surface area contributed by atoms with Crippen LogP contribution in [0.5, 0.6) is 0 Å². The summed E-state index contributed by atoms with van der Waals surface area (Å²) in [7, 11) is 0. The highest BCUT2D eigenvalue weighted by Gasteiger charge is 2.19. The Kier molecular flexibility index (Phi) is 2.71. The second kappa shape index (κ2) is 3.46. The molecule has 1 nitrogen and oxygen atoms in total. The fourth-order valence-electron chi connectivity index (χ4n) is 1.24. The molecule has 0 aliphatic carbocycles. The lowest BCUT2D eigenvalue weighted by Gasteiger charge is -2.23. The predicted molar refractivity (Wildman–Crippen MR) is 53.2 cm³/mol. The molecule has 0 radical (unpaired) electrons. The molecule has 1 rings (SSSR count). The minimum atomic E-state index is -0.184. The number of rotatable bonds is 2. The van der Waals surface area contributed by atoms with E-state index in [9.17, 15) is 4.39 Å². The molecule has 1 aromatic carbocycles. The molecule has 0 heterocycles. The van der Waals surface area contributed by atoms with Gasteiger partial charge in [-0.05, 0) is 30.2 Å². The summed E-state index contributed by atoms with van der Waals surface area (Å²) in [6.07, 6.45) is 0. The van der Waals surface area contributed by atoms with E-state index in [4.69, 9.17) is 5.73 Å². The van der Waals surface area contributed by atoms with Crippen LogP contribution in [0.2, 0.25) is 0 Å². The van der Waals surface area contributed by atoms with Gasteiger partial charge in [-0.2, -0.15) is 0 Å².